The largest absolute Gasteiger partial charge is 0.322 e. The molecule has 0 saturated carbocycles. The summed E-state index contributed by atoms with van der Waals surface area (Å²) < 4.78 is 15.3. The van der Waals surface area contributed by atoms with Crippen LogP contribution in [0.2, 0.25) is 0 Å². The predicted octanol–water partition coefficient (Wildman–Crippen LogP) is 4.12. The topological polar surface area (TPSA) is 49.4 Å². The number of hydrogen-bond donors (Lipinski definition) is 1. The number of carbonyl (C=O) groups is 2. The summed E-state index contributed by atoms with van der Waals surface area (Å²) in [6.07, 6.45) is 1.19. The third-order valence-corrected chi connectivity index (χ3v) is 5.17. The molecule has 2 aromatic carbocycles. The smallest absolute Gasteiger partial charge is 0.255 e. The molecule has 0 aliphatic carbocycles. The number of nitrogens with one attached hydrogen (secondary N) is 1. The zero-order valence-electron chi connectivity index (χ0n) is 13.1. The number of carbonyl (C=O) groups excluding carboxylic acids is 2. The molecule has 0 bridgehead atoms. The normalized spacial score (nSPS) is 14.1. The summed E-state index contributed by atoms with van der Waals surface area (Å²) in [7, 11) is 0. The molecule has 0 aromatic heterocycles. The molecule has 1 heterocycles. The number of anilines is 2. The number of halogens is 2. The van der Waals surface area contributed by atoms with Crippen LogP contribution < -0.4 is 10.2 Å². The molecule has 4 nitrogen and oxygen atoms in total. The van der Waals surface area contributed by atoms with Crippen molar-refractivity contribution < 1.29 is 14.0 Å². The van der Waals surface area contributed by atoms with Gasteiger partial charge in [-0.2, -0.15) is 0 Å². The van der Waals surface area contributed by atoms with Crippen LogP contribution in [0.4, 0.5) is 15.8 Å². The van der Waals surface area contributed by atoms with Crippen molar-refractivity contribution in [2.45, 2.75) is 19.8 Å². The van der Waals surface area contributed by atoms with Gasteiger partial charge in [0.1, 0.15) is 5.82 Å². The lowest BCUT2D eigenvalue weighted by Gasteiger charge is -2.17. The van der Waals surface area contributed by atoms with Gasteiger partial charge in [-0.1, -0.05) is 6.07 Å². The van der Waals surface area contributed by atoms with Gasteiger partial charge in [-0.15, -0.1) is 0 Å². The highest BCUT2D eigenvalue weighted by molar-refractivity contribution is 14.1. The average molecular weight is 438 g/mol. The number of hydrogen-bond acceptors (Lipinski definition) is 2. The van der Waals surface area contributed by atoms with E-state index in [1.54, 1.807) is 18.2 Å². The number of nitrogens with zero attached hydrogens (tertiary/aromatic N) is 1. The van der Waals surface area contributed by atoms with Crippen molar-refractivity contribution >= 4 is 45.8 Å². The quantitative estimate of drug-likeness (QED) is 0.734. The van der Waals surface area contributed by atoms with Crippen molar-refractivity contribution in [3.63, 3.8) is 0 Å². The highest BCUT2D eigenvalue weighted by Crippen LogP contribution is 2.27. The molecule has 1 N–H and O–H groups in total. The second-order valence-corrected chi connectivity index (χ2v) is 6.90. The molecule has 0 atom stereocenters. The minimum atomic E-state index is -0.512. The lowest BCUT2D eigenvalue weighted by molar-refractivity contribution is -0.117. The van der Waals surface area contributed by atoms with Crippen LogP contribution in [0.25, 0.3) is 0 Å². The SMILES string of the molecule is Cc1ccc(C(=O)Nc2ccc(N3CCCC3=O)c(F)c2)cc1I. The number of benzene rings is 2. The molecular formula is C18H16FIN2O2. The highest BCUT2D eigenvalue weighted by atomic mass is 127. The van der Waals surface area contributed by atoms with Crippen LogP contribution in [-0.4, -0.2) is 18.4 Å². The molecule has 6 heteroatoms. The minimum absolute atomic E-state index is 0.0695. The highest BCUT2D eigenvalue weighted by Gasteiger charge is 2.24. The van der Waals surface area contributed by atoms with Gasteiger partial charge in [0, 0.05) is 27.8 Å². The predicted molar refractivity (Wildman–Crippen MR) is 99.8 cm³/mol. The Balaban J connectivity index is 1.78. The van der Waals surface area contributed by atoms with Gasteiger partial charge in [0.2, 0.25) is 5.91 Å². The van der Waals surface area contributed by atoms with E-state index in [0.29, 0.717) is 24.2 Å². The maximum Gasteiger partial charge on any atom is 0.255 e. The molecule has 2 aromatic rings. The van der Waals surface area contributed by atoms with Gasteiger partial charge >= 0.3 is 0 Å². The molecule has 1 fully saturated rings. The third-order valence-electron chi connectivity index (χ3n) is 4.00. The van der Waals surface area contributed by atoms with Crippen molar-refractivity contribution in [1.82, 2.24) is 0 Å². The average Bonchev–Trinajstić information content (AvgIpc) is 2.96. The van der Waals surface area contributed by atoms with Gasteiger partial charge in [0.25, 0.3) is 5.91 Å². The Morgan fingerprint density at radius 3 is 2.67 bits per heavy atom. The first-order valence-corrected chi connectivity index (χ1v) is 8.71. The summed E-state index contributed by atoms with van der Waals surface area (Å²) >= 11 is 2.17. The van der Waals surface area contributed by atoms with E-state index in [2.05, 4.69) is 27.9 Å². The third kappa shape index (κ3) is 3.43. The molecule has 3 rings (SSSR count). The first kappa shape index (κ1) is 16.9. The molecule has 2 amide bonds. The van der Waals surface area contributed by atoms with Gasteiger partial charge in [0.15, 0.2) is 0 Å². The van der Waals surface area contributed by atoms with Crippen molar-refractivity contribution in [2.24, 2.45) is 0 Å². The molecule has 0 unspecified atom stereocenters. The molecule has 0 spiro atoms. The molecule has 124 valence electrons. The maximum atomic E-state index is 14.3. The zero-order chi connectivity index (χ0) is 17.3. The summed E-state index contributed by atoms with van der Waals surface area (Å²) in [5.74, 6) is -0.876. The zero-order valence-corrected chi connectivity index (χ0v) is 15.3. The summed E-state index contributed by atoms with van der Waals surface area (Å²) in [6.45, 7) is 2.50. The van der Waals surface area contributed by atoms with Crippen molar-refractivity contribution in [3.05, 3.63) is 56.9 Å². The fourth-order valence-electron chi connectivity index (χ4n) is 2.64. The fraction of sp³-hybridized carbons (Fsp3) is 0.222. The van der Waals surface area contributed by atoms with Gasteiger partial charge in [0.05, 0.1) is 5.69 Å². The Morgan fingerprint density at radius 2 is 2.04 bits per heavy atom. The van der Waals surface area contributed by atoms with Crippen molar-refractivity contribution in [3.8, 4) is 0 Å². The van der Waals surface area contributed by atoms with Crippen LogP contribution >= 0.6 is 22.6 Å². The lowest BCUT2D eigenvalue weighted by atomic mass is 10.1. The number of amides is 2. The van der Waals surface area contributed by atoms with Gasteiger partial charge < -0.3 is 10.2 Å². The Kier molecular flexibility index (Phi) is 4.84. The van der Waals surface area contributed by atoms with E-state index in [1.165, 1.54) is 17.0 Å². The number of rotatable bonds is 3. The summed E-state index contributed by atoms with van der Waals surface area (Å²) in [5.41, 5.74) is 2.24. The first-order chi connectivity index (χ1) is 11.5. The van der Waals surface area contributed by atoms with E-state index in [9.17, 15) is 14.0 Å². The van der Waals surface area contributed by atoms with Gasteiger partial charge in [-0.3, -0.25) is 9.59 Å². The molecule has 1 saturated heterocycles. The Bertz CT molecular complexity index is 823. The summed E-state index contributed by atoms with van der Waals surface area (Å²) in [4.78, 5) is 25.5. The van der Waals surface area contributed by atoms with Crippen LogP contribution in [0.15, 0.2) is 36.4 Å². The Hall–Kier alpha value is -1.96. The second-order valence-electron chi connectivity index (χ2n) is 5.73. The van der Waals surface area contributed by atoms with Crippen LogP contribution in [0.3, 0.4) is 0 Å². The van der Waals surface area contributed by atoms with E-state index in [-0.39, 0.29) is 17.5 Å². The molecular weight excluding hydrogens is 422 g/mol. The van der Waals surface area contributed by atoms with Crippen molar-refractivity contribution in [2.75, 3.05) is 16.8 Å². The van der Waals surface area contributed by atoms with Crippen LogP contribution in [0, 0.1) is 16.3 Å². The lowest BCUT2D eigenvalue weighted by Crippen LogP contribution is -2.24. The summed E-state index contributed by atoms with van der Waals surface area (Å²) in [6, 6.07) is 9.80. The van der Waals surface area contributed by atoms with Gasteiger partial charge in [-0.25, -0.2) is 4.39 Å². The monoisotopic (exact) mass is 438 g/mol. The van der Waals surface area contributed by atoms with E-state index in [4.69, 9.17) is 0 Å². The Labute approximate surface area is 153 Å². The van der Waals surface area contributed by atoms with E-state index in [1.807, 2.05) is 13.0 Å². The molecule has 24 heavy (non-hydrogen) atoms. The van der Waals surface area contributed by atoms with Crippen LogP contribution in [0.1, 0.15) is 28.8 Å². The first-order valence-electron chi connectivity index (χ1n) is 7.63. The van der Waals surface area contributed by atoms with E-state index in [0.717, 1.165) is 15.6 Å². The van der Waals surface area contributed by atoms with Crippen LogP contribution in [0.5, 0.6) is 0 Å². The standard InChI is InChI=1S/C18H16FIN2O2/c1-11-4-5-12(9-15(11)20)18(24)21-13-6-7-16(14(19)10-13)22-8-2-3-17(22)23/h4-7,9-10H,2-3,8H2,1H3,(H,21,24). The van der Waals surface area contributed by atoms with E-state index < -0.39 is 5.82 Å². The molecule has 0 radical (unpaired) electrons. The summed E-state index contributed by atoms with van der Waals surface area (Å²) in [5, 5.41) is 2.69. The number of aryl methyl sites for hydroxylation is 1. The fourth-order valence-corrected chi connectivity index (χ4v) is 3.16. The molecule has 1 aliphatic heterocycles. The van der Waals surface area contributed by atoms with E-state index >= 15 is 0 Å². The van der Waals surface area contributed by atoms with Crippen molar-refractivity contribution in [1.29, 1.82) is 0 Å². The van der Waals surface area contributed by atoms with Gasteiger partial charge in [-0.05, 0) is 71.8 Å². The Morgan fingerprint density at radius 1 is 1.25 bits per heavy atom. The second kappa shape index (κ2) is 6.88. The minimum Gasteiger partial charge on any atom is -0.322 e. The maximum absolute atomic E-state index is 14.3. The van der Waals surface area contributed by atoms with Crippen LogP contribution in [-0.2, 0) is 4.79 Å². The molecule has 1 aliphatic rings.